The summed E-state index contributed by atoms with van der Waals surface area (Å²) in [5, 5.41) is -0.462. The fourth-order valence-electron chi connectivity index (χ4n) is 3.04. The van der Waals surface area contributed by atoms with Gasteiger partial charge in [0.05, 0.1) is 35.8 Å². The molecule has 0 unspecified atom stereocenters. The highest BCUT2D eigenvalue weighted by Gasteiger charge is 2.37. The van der Waals surface area contributed by atoms with Gasteiger partial charge in [0, 0.05) is 24.7 Å². The molecule has 0 saturated carbocycles. The molecule has 1 aromatic carbocycles. The van der Waals surface area contributed by atoms with Crippen LogP contribution in [0, 0.1) is 0 Å². The second-order valence-corrected chi connectivity index (χ2v) is 8.30. The van der Waals surface area contributed by atoms with Crippen molar-refractivity contribution < 1.29 is 28.6 Å². The van der Waals surface area contributed by atoms with E-state index >= 15 is 0 Å². The van der Waals surface area contributed by atoms with Crippen molar-refractivity contribution in [2.75, 3.05) is 46.1 Å². The molecule has 2 aliphatic heterocycles. The molecule has 3 amide bonds. The molecule has 8 nitrogen and oxygen atoms in total. The topological polar surface area (TPSA) is 85.4 Å². The maximum atomic E-state index is 12.8. The molecule has 0 aliphatic carbocycles. The van der Waals surface area contributed by atoms with E-state index in [1.165, 1.54) is 0 Å². The summed E-state index contributed by atoms with van der Waals surface area (Å²) in [5.74, 6) is 0.419. The van der Waals surface area contributed by atoms with Gasteiger partial charge in [0.25, 0.3) is 11.1 Å². The van der Waals surface area contributed by atoms with E-state index in [1.54, 1.807) is 23.1 Å². The van der Waals surface area contributed by atoms with E-state index in [-0.39, 0.29) is 17.4 Å². The fourth-order valence-corrected chi connectivity index (χ4v) is 4.34. The highest BCUT2D eigenvalue weighted by atomic mass is 79.9. The zero-order valence-corrected chi connectivity index (χ0v) is 19.2. The minimum absolute atomic E-state index is 0.242. The molecular weight excluding hydrogens is 476 g/mol. The van der Waals surface area contributed by atoms with Gasteiger partial charge in [-0.15, -0.1) is 0 Å². The molecular formula is C20H23BrN2O6S. The van der Waals surface area contributed by atoms with Crippen molar-refractivity contribution in [2.45, 2.75) is 13.8 Å². The molecule has 0 bridgehead atoms. The van der Waals surface area contributed by atoms with Crippen LogP contribution in [0.15, 0.2) is 21.5 Å². The van der Waals surface area contributed by atoms with Crippen molar-refractivity contribution in [3.63, 3.8) is 0 Å². The predicted molar refractivity (Wildman–Crippen MR) is 117 cm³/mol. The Bertz CT molecular complexity index is 869. The van der Waals surface area contributed by atoms with Crippen LogP contribution in [0.2, 0.25) is 0 Å². The minimum atomic E-state index is -0.487. The molecule has 1 aromatic rings. The Morgan fingerprint density at radius 1 is 1.17 bits per heavy atom. The standard InChI is InChI=1S/C20H23BrN2O6S/c1-3-28-15-11-16(29-4-2)14(21)9-13(15)10-17-19(25)23(20(26)30-17)12-18(24)22-5-7-27-8-6-22/h9-11H,3-8,12H2,1-2H3/b17-10+. The molecule has 10 heteroatoms. The lowest BCUT2D eigenvalue weighted by Gasteiger charge is -2.28. The average Bonchev–Trinajstić information content (AvgIpc) is 2.99. The summed E-state index contributed by atoms with van der Waals surface area (Å²) in [4.78, 5) is 40.5. The zero-order chi connectivity index (χ0) is 21.7. The van der Waals surface area contributed by atoms with Gasteiger partial charge < -0.3 is 19.1 Å². The lowest BCUT2D eigenvalue weighted by molar-refractivity contribution is -0.139. The lowest BCUT2D eigenvalue weighted by atomic mass is 10.1. The van der Waals surface area contributed by atoms with E-state index < -0.39 is 11.1 Å². The van der Waals surface area contributed by atoms with Gasteiger partial charge in [-0.3, -0.25) is 19.3 Å². The van der Waals surface area contributed by atoms with Crippen LogP contribution < -0.4 is 9.47 Å². The third-order valence-corrected chi connectivity index (χ3v) is 6.01. The number of benzene rings is 1. The monoisotopic (exact) mass is 498 g/mol. The Morgan fingerprint density at radius 2 is 1.83 bits per heavy atom. The summed E-state index contributed by atoms with van der Waals surface area (Å²) < 4.78 is 17.2. The average molecular weight is 499 g/mol. The molecule has 0 atom stereocenters. The summed E-state index contributed by atoms with van der Waals surface area (Å²) in [6.07, 6.45) is 1.61. The first kappa shape index (κ1) is 22.6. The largest absolute Gasteiger partial charge is 0.493 e. The Labute approximate surface area is 187 Å². The Morgan fingerprint density at radius 3 is 2.50 bits per heavy atom. The number of morpholine rings is 1. The Balaban J connectivity index is 1.80. The normalized spacial score (nSPS) is 18.3. The first-order valence-electron chi connectivity index (χ1n) is 9.64. The number of hydrogen-bond donors (Lipinski definition) is 0. The highest BCUT2D eigenvalue weighted by Crippen LogP contribution is 2.38. The second kappa shape index (κ2) is 10.3. The lowest BCUT2D eigenvalue weighted by Crippen LogP contribution is -2.46. The quantitative estimate of drug-likeness (QED) is 0.533. The molecule has 0 spiro atoms. The van der Waals surface area contributed by atoms with Crippen molar-refractivity contribution >= 4 is 50.8 Å². The smallest absolute Gasteiger partial charge is 0.294 e. The van der Waals surface area contributed by atoms with Gasteiger partial charge in [0.15, 0.2) is 0 Å². The van der Waals surface area contributed by atoms with Gasteiger partial charge in [-0.1, -0.05) is 0 Å². The number of nitrogens with zero attached hydrogens (tertiary/aromatic N) is 2. The maximum Gasteiger partial charge on any atom is 0.294 e. The van der Waals surface area contributed by atoms with Crippen molar-refractivity contribution in [1.29, 1.82) is 0 Å². The van der Waals surface area contributed by atoms with Gasteiger partial charge in [-0.05, 0) is 53.7 Å². The number of halogens is 1. The van der Waals surface area contributed by atoms with Gasteiger partial charge in [-0.25, -0.2) is 0 Å². The van der Waals surface area contributed by atoms with Crippen LogP contribution in [0.3, 0.4) is 0 Å². The van der Waals surface area contributed by atoms with Crippen LogP contribution in [0.25, 0.3) is 6.08 Å². The summed E-state index contributed by atoms with van der Waals surface area (Å²) >= 11 is 4.27. The van der Waals surface area contributed by atoms with Gasteiger partial charge in [0.1, 0.15) is 18.0 Å². The van der Waals surface area contributed by atoms with E-state index in [1.807, 2.05) is 13.8 Å². The molecule has 0 aromatic heterocycles. The highest BCUT2D eigenvalue weighted by molar-refractivity contribution is 9.10. The van der Waals surface area contributed by atoms with Crippen LogP contribution in [0.5, 0.6) is 11.5 Å². The van der Waals surface area contributed by atoms with Crippen molar-refractivity contribution in [2.24, 2.45) is 0 Å². The van der Waals surface area contributed by atoms with E-state index in [2.05, 4.69) is 15.9 Å². The van der Waals surface area contributed by atoms with Crippen molar-refractivity contribution in [1.82, 2.24) is 9.80 Å². The van der Waals surface area contributed by atoms with Gasteiger partial charge in [0.2, 0.25) is 5.91 Å². The van der Waals surface area contributed by atoms with E-state index in [9.17, 15) is 14.4 Å². The summed E-state index contributed by atoms with van der Waals surface area (Å²) in [5.41, 5.74) is 0.636. The number of ether oxygens (including phenoxy) is 3. The minimum Gasteiger partial charge on any atom is -0.493 e. The molecule has 2 aliphatic rings. The third-order valence-electron chi connectivity index (χ3n) is 4.48. The number of hydrogen-bond acceptors (Lipinski definition) is 7. The Hall–Kier alpha value is -2.04. The van der Waals surface area contributed by atoms with Crippen LogP contribution >= 0.6 is 27.7 Å². The Kier molecular flexibility index (Phi) is 7.79. The number of rotatable bonds is 7. The van der Waals surface area contributed by atoms with E-state index in [0.717, 1.165) is 16.7 Å². The number of carbonyl (C=O) groups excluding carboxylic acids is 3. The molecule has 0 radical (unpaired) electrons. The van der Waals surface area contributed by atoms with Gasteiger partial charge in [-0.2, -0.15) is 0 Å². The molecule has 162 valence electrons. The summed E-state index contributed by atoms with van der Waals surface area (Å²) in [6.45, 7) is 6.25. The van der Waals surface area contributed by atoms with Crippen molar-refractivity contribution in [3.8, 4) is 11.5 Å². The number of thioether (sulfide) groups is 1. The van der Waals surface area contributed by atoms with Crippen LogP contribution in [-0.2, 0) is 14.3 Å². The number of carbonyl (C=O) groups is 3. The summed E-state index contributed by atoms with van der Waals surface area (Å²) in [7, 11) is 0. The van der Waals surface area contributed by atoms with E-state index in [0.29, 0.717) is 61.1 Å². The van der Waals surface area contributed by atoms with Gasteiger partial charge >= 0.3 is 0 Å². The van der Waals surface area contributed by atoms with Crippen molar-refractivity contribution in [3.05, 3.63) is 27.1 Å². The van der Waals surface area contributed by atoms with Crippen LogP contribution in [0.4, 0.5) is 4.79 Å². The fraction of sp³-hybridized carbons (Fsp3) is 0.450. The molecule has 2 saturated heterocycles. The molecule has 30 heavy (non-hydrogen) atoms. The summed E-state index contributed by atoms with van der Waals surface area (Å²) in [6, 6.07) is 3.53. The molecule has 0 N–H and O–H groups in total. The molecule has 3 rings (SSSR count). The second-order valence-electron chi connectivity index (χ2n) is 6.45. The first-order chi connectivity index (χ1) is 14.4. The number of imide groups is 1. The number of amides is 3. The van der Waals surface area contributed by atoms with E-state index in [4.69, 9.17) is 14.2 Å². The molecule has 2 fully saturated rings. The van der Waals surface area contributed by atoms with Crippen LogP contribution in [0.1, 0.15) is 19.4 Å². The zero-order valence-electron chi connectivity index (χ0n) is 16.8. The molecule has 2 heterocycles. The SMILES string of the molecule is CCOc1cc(OCC)c(/C=C2/SC(=O)N(CC(=O)N3CCOCC3)C2=O)cc1Br. The predicted octanol–water partition coefficient (Wildman–Crippen LogP) is 3.14. The van der Waals surface area contributed by atoms with Crippen LogP contribution in [-0.4, -0.2) is 72.9 Å². The first-order valence-corrected chi connectivity index (χ1v) is 11.3. The maximum absolute atomic E-state index is 12.8. The third kappa shape index (κ3) is 5.16.